The number of carbonyl (C=O) groups is 1. The van der Waals surface area contributed by atoms with Gasteiger partial charge in [0.1, 0.15) is 5.75 Å². The molecule has 0 aliphatic heterocycles. The molecule has 0 aromatic heterocycles. The molecule has 2 rings (SSSR count). The monoisotopic (exact) mass is 381 g/mol. The van der Waals surface area contributed by atoms with Gasteiger partial charge >= 0.3 is 6.61 Å². The number of halogens is 2. The van der Waals surface area contributed by atoms with Crippen molar-refractivity contribution in [3.8, 4) is 23.0 Å². The zero-order valence-electron chi connectivity index (χ0n) is 15.3. The van der Waals surface area contributed by atoms with E-state index >= 15 is 0 Å². The predicted octanol–water partition coefficient (Wildman–Crippen LogP) is 3.89. The normalized spacial score (nSPS) is 10.4. The highest BCUT2D eigenvalue weighted by atomic mass is 19.3. The summed E-state index contributed by atoms with van der Waals surface area (Å²) in [6, 6.07) is 9.28. The number of benzene rings is 2. The molecule has 8 heteroatoms. The van der Waals surface area contributed by atoms with Crippen LogP contribution in [0.25, 0.3) is 0 Å². The van der Waals surface area contributed by atoms with E-state index in [1.807, 2.05) is 0 Å². The first kappa shape index (κ1) is 20.3. The summed E-state index contributed by atoms with van der Waals surface area (Å²) < 4.78 is 44.4. The van der Waals surface area contributed by atoms with Gasteiger partial charge in [-0.3, -0.25) is 4.79 Å². The molecule has 2 aromatic carbocycles. The molecule has 0 saturated carbocycles. The van der Waals surface area contributed by atoms with E-state index < -0.39 is 6.61 Å². The summed E-state index contributed by atoms with van der Waals surface area (Å²) in [5.74, 6) is 1.33. The summed E-state index contributed by atoms with van der Waals surface area (Å²) >= 11 is 0. The predicted molar refractivity (Wildman–Crippen MR) is 96.1 cm³/mol. The van der Waals surface area contributed by atoms with Gasteiger partial charge in [0.25, 0.3) is 0 Å². The van der Waals surface area contributed by atoms with Gasteiger partial charge < -0.3 is 24.3 Å². The Morgan fingerprint density at radius 1 is 1.00 bits per heavy atom. The molecule has 0 heterocycles. The van der Waals surface area contributed by atoms with E-state index in [1.165, 1.54) is 45.6 Å². The molecule has 0 aliphatic carbocycles. The van der Waals surface area contributed by atoms with E-state index in [1.54, 1.807) is 12.1 Å². The van der Waals surface area contributed by atoms with Crippen LogP contribution in [0, 0.1) is 0 Å². The number of amides is 1. The highest BCUT2D eigenvalue weighted by Gasteiger charge is 2.14. The van der Waals surface area contributed by atoms with Gasteiger partial charge in [-0.1, -0.05) is 0 Å². The number of methoxy groups -OCH3 is 3. The zero-order chi connectivity index (χ0) is 19.8. The number of alkyl halides is 2. The van der Waals surface area contributed by atoms with Crippen LogP contribution in [0.3, 0.4) is 0 Å². The Morgan fingerprint density at radius 2 is 1.59 bits per heavy atom. The fourth-order valence-electron chi connectivity index (χ4n) is 2.48. The maximum Gasteiger partial charge on any atom is 0.387 e. The van der Waals surface area contributed by atoms with Crippen molar-refractivity contribution in [2.45, 2.75) is 19.5 Å². The molecule has 1 amide bonds. The molecule has 0 spiro atoms. The highest BCUT2D eigenvalue weighted by molar-refractivity contribution is 5.90. The van der Waals surface area contributed by atoms with Gasteiger partial charge in [0.15, 0.2) is 11.5 Å². The number of hydrogen-bond donors (Lipinski definition) is 1. The van der Waals surface area contributed by atoms with Gasteiger partial charge in [0.05, 0.1) is 21.3 Å². The van der Waals surface area contributed by atoms with Gasteiger partial charge in [-0.2, -0.15) is 8.78 Å². The lowest BCUT2D eigenvalue weighted by atomic mass is 10.1. The van der Waals surface area contributed by atoms with Crippen LogP contribution in [0.15, 0.2) is 36.4 Å². The number of hydrogen-bond acceptors (Lipinski definition) is 5. The minimum Gasteiger partial charge on any atom is -0.493 e. The summed E-state index contributed by atoms with van der Waals surface area (Å²) in [4.78, 5) is 12.1. The fourth-order valence-corrected chi connectivity index (χ4v) is 2.48. The van der Waals surface area contributed by atoms with E-state index in [2.05, 4.69) is 10.1 Å². The van der Waals surface area contributed by atoms with E-state index in [-0.39, 0.29) is 18.1 Å². The van der Waals surface area contributed by atoms with Crippen molar-refractivity contribution in [2.75, 3.05) is 26.6 Å². The molecular weight excluding hydrogens is 360 g/mol. The number of aryl methyl sites for hydroxylation is 1. The molecule has 0 unspecified atom stereocenters. The van der Waals surface area contributed by atoms with Crippen LogP contribution in [0.2, 0.25) is 0 Å². The summed E-state index contributed by atoms with van der Waals surface area (Å²) in [7, 11) is 4.56. The minimum absolute atomic E-state index is 0.0282. The fraction of sp³-hybridized carbons (Fsp3) is 0.316. The summed E-state index contributed by atoms with van der Waals surface area (Å²) in [5, 5.41) is 2.70. The van der Waals surface area contributed by atoms with Crippen LogP contribution >= 0.6 is 0 Å². The summed E-state index contributed by atoms with van der Waals surface area (Å²) in [5.41, 5.74) is 1.34. The summed E-state index contributed by atoms with van der Waals surface area (Å²) in [6.45, 7) is -2.89. The Labute approximate surface area is 156 Å². The first-order valence-electron chi connectivity index (χ1n) is 8.10. The Hall–Kier alpha value is -3.03. The van der Waals surface area contributed by atoms with Crippen molar-refractivity contribution in [3.05, 3.63) is 42.0 Å². The molecule has 27 heavy (non-hydrogen) atoms. The Morgan fingerprint density at radius 3 is 2.07 bits per heavy atom. The Bertz CT molecular complexity index is 740. The number of rotatable bonds is 9. The van der Waals surface area contributed by atoms with Crippen molar-refractivity contribution in [1.29, 1.82) is 0 Å². The lowest BCUT2D eigenvalue weighted by Crippen LogP contribution is -2.12. The Balaban J connectivity index is 1.97. The quantitative estimate of drug-likeness (QED) is 0.714. The number of ether oxygens (including phenoxy) is 4. The maximum absolute atomic E-state index is 12.1. The molecular formula is C19H21F2NO5. The molecule has 0 aliphatic rings. The third kappa shape index (κ3) is 5.73. The van der Waals surface area contributed by atoms with Crippen molar-refractivity contribution >= 4 is 11.6 Å². The maximum atomic E-state index is 12.1. The zero-order valence-corrected chi connectivity index (χ0v) is 15.3. The lowest BCUT2D eigenvalue weighted by Gasteiger charge is -2.14. The van der Waals surface area contributed by atoms with Crippen LogP contribution < -0.4 is 24.3 Å². The first-order valence-corrected chi connectivity index (χ1v) is 8.10. The highest BCUT2D eigenvalue weighted by Crippen LogP contribution is 2.38. The second-order valence-corrected chi connectivity index (χ2v) is 5.48. The first-order chi connectivity index (χ1) is 13.0. The Kier molecular flexibility index (Phi) is 7.22. The van der Waals surface area contributed by atoms with E-state index in [4.69, 9.17) is 14.2 Å². The molecule has 0 fully saturated rings. The standard InChI is InChI=1S/C19H21F2NO5/c1-24-15-10-12(11-16(25-2)18(15)26-3)4-9-17(23)22-13-5-7-14(8-6-13)27-19(20)21/h5-8,10-11,19H,4,9H2,1-3H3,(H,22,23). The number of carbonyl (C=O) groups excluding carboxylic acids is 1. The second-order valence-electron chi connectivity index (χ2n) is 5.48. The van der Waals surface area contributed by atoms with Crippen LogP contribution in [0.4, 0.5) is 14.5 Å². The van der Waals surface area contributed by atoms with E-state index in [0.29, 0.717) is 29.4 Å². The van der Waals surface area contributed by atoms with Crippen LogP contribution in [0.5, 0.6) is 23.0 Å². The van der Waals surface area contributed by atoms with Crippen LogP contribution in [-0.4, -0.2) is 33.8 Å². The van der Waals surface area contributed by atoms with Crippen molar-refractivity contribution < 1.29 is 32.5 Å². The molecule has 146 valence electrons. The van der Waals surface area contributed by atoms with Crippen molar-refractivity contribution in [3.63, 3.8) is 0 Å². The molecule has 0 bridgehead atoms. The van der Waals surface area contributed by atoms with E-state index in [0.717, 1.165) is 5.56 Å². The molecule has 0 radical (unpaired) electrons. The third-order valence-electron chi connectivity index (χ3n) is 3.73. The molecule has 0 atom stereocenters. The van der Waals surface area contributed by atoms with Gasteiger partial charge in [-0.05, 0) is 48.4 Å². The SMILES string of the molecule is COc1cc(CCC(=O)Nc2ccc(OC(F)F)cc2)cc(OC)c1OC. The molecule has 2 aromatic rings. The van der Waals surface area contributed by atoms with Gasteiger partial charge in [-0.15, -0.1) is 0 Å². The lowest BCUT2D eigenvalue weighted by molar-refractivity contribution is -0.116. The molecule has 6 nitrogen and oxygen atoms in total. The van der Waals surface area contributed by atoms with Crippen molar-refractivity contribution in [1.82, 2.24) is 0 Å². The smallest absolute Gasteiger partial charge is 0.387 e. The van der Waals surface area contributed by atoms with Gasteiger partial charge in [-0.25, -0.2) is 0 Å². The average Bonchev–Trinajstić information content (AvgIpc) is 2.66. The summed E-state index contributed by atoms with van der Waals surface area (Å²) in [6.07, 6.45) is 0.670. The number of anilines is 1. The van der Waals surface area contributed by atoms with Crippen LogP contribution in [-0.2, 0) is 11.2 Å². The largest absolute Gasteiger partial charge is 0.493 e. The van der Waals surface area contributed by atoms with Gasteiger partial charge in [0, 0.05) is 12.1 Å². The molecule has 0 saturated heterocycles. The minimum atomic E-state index is -2.89. The van der Waals surface area contributed by atoms with Crippen LogP contribution in [0.1, 0.15) is 12.0 Å². The second kappa shape index (κ2) is 9.61. The van der Waals surface area contributed by atoms with E-state index in [9.17, 15) is 13.6 Å². The molecule has 1 N–H and O–H groups in total. The number of nitrogens with one attached hydrogen (secondary N) is 1. The van der Waals surface area contributed by atoms with Crippen molar-refractivity contribution in [2.24, 2.45) is 0 Å². The third-order valence-corrected chi connectivity index (χ3v) is 3.73. The topological polar surface area (TPSA) is 66.0 Å². The van der Waals surface area contributed by atoms with Gasteiger partial charge in [0.2, 0.25) is 11.7 Å². The average molecular weight is 381 g/mol.